The normalized spacial score (nSPS) is 10.9. The van der Waals surface area contributed by atoms with Crippen LogP contribution in [0.25, 0.3) is 0 Å². The molecule has 0 fully saturated rings. The predicted octanol–water partition coefficient (Wildman–Crippen LogP) is 1.78. The number of ether oxygens (including phenoxy) is 1. The Morgan fingerprint density at radius 2 is 2.26 bits per heavy atom. The molecule has 1 aromatic carbocycles. The number of hydrogen-bond donors (Lipinski definition) is 1. The van der Waals surface area contributed by atoms with Gasteiger partial charge in [-0.15, -0.1) is 0 Å². The van der Waals surface area contributed by atoms with Gasteiger partial charge in [0.2, 0.25) is 0 Å². The fourth-order valence-electron chi connectivity index (χ4n) is 1.84. The third-order valence-electron chi connectivity index (χ3n) is 3.00. The maximum atomic E-state index is 13.5. The lowest BCUT2D eigenvalue weighted by molar-refractivity contribution is 0.122. The summed E-state index contributed by atoms with van der Waals surface area (Å²) in [5.41, 5.74) is 6.75. The van der Waals surface area contributed by atoms with Gasteiger partial charge in [0.25, 0.3) is 0 Å². The van der Waals surface area contributed by atoms with E-state index in [1.807, 2.05) is 23.9 Å². The van der Waals surface area contributed by atoms with Crippen molar-refractivity contribution in [3.05, 3.63) is 53.4 Å². The summed E-state index contributed by atoms with van der Waals surface area (Å²) >= 11 is 0. The minimum atomic E-state index is -0.271. The van der Waals surface area contributed by atoms with Crippen LogP contribution >= 0.6 is 0 Å². The minimum Gasteiger partial charge on any atom is -0.376 e. The molecule has 2 rings (SSSR count). The topological polar surface area (TPSA) is 53.1 Å². The lowest BCUT2D eigenvalue weighted by atomic mass is 10.1. The van der Waals surface area contributed by atoms with Crippen molar-refractivity contribution in [2.75, 3.05) is 6.61 Å². The zero-order chi connectivity index (χ0) is 13.7. The highest BCUT2D eigenvalue weighted by atomic mass is 19.1. The number of hydrogen-bond acceptors (Lipinski definition) is 3. The molecule has 0 aliphatic heterocycles. The zero-order valence-electron chi connectivity index (χ0n) is 11.0. The Labute approximate surface area is 112 Å². The fourth-order valence-corrected chi connectivity index (χ4v) is 1.84. The van der Waals surface area contributed by atoms with Gasteiger partial charge in [0, 0.05) is 38.0 Å². The Morgan fingerprint density at radius 3 is 2.89 bits per heavy atom. The molecule has 1 aromatic heterocycles. The quantitative estimate of drug-likeness (QED) is 0.808. The number of rotatable bonds is 6. The van der Waals surface area contributed by atoms with Gasteiger partial charge in [0.05, 0.1) is 13.2 Å². The van der Waals surface area contributed by atoms with Crippen LogP contribution in [0, 0.1) is 5.82 Å². The standard InChI is InChI=1S/C14H18FN3O/c1-18-6-5-17-14(18)4-7-19-10-11-2-3-12(9-16)13(15)8-11/h2-3,5-6,8H,4,7,9-10,16H2,1H3. The number of aromatic nitrogens is 2. The summed E-state index contributed by atoms with van der Waals surface area (Å²) in [6.45, 7) is 1.17. The second kappa shape index (κ2) is 6.45. The van der Waals surface area contributed by atoms with Gasteiger partial charge in [-0.25, -0.2) is 9.37 Å². The summed E-state index contributed by atoms with van der Waals surface area (Å²) in [6, 6.07) is 5.02. The van der Waals surface area contributed by atoms with Gasteiger partial charge in [0.1, 0.15) is 11.6 Å². The molecule has 0 saturated carbocycles. The van der Waals surface area contributed by atoms with Crippen LogP contribution in [0.15, 0.2) is 30.6 Å². The van der Waals surface area contributed by atoms with Crippen molar-refractivity contribution in [3.63, 3.8) is 0 Å². The predicted molar refractivity (Wildman–Crippen MR) is 70.9 cm³/mol. The van der Waals surface area contributed by atoms with Crippen LogP contribution in [-0.2, 0) is 31.4 Å². The van der Waals surface area contributed by atoms with Gasteiger partial charge < -0.3 is 15.0 Å². The van der Waals surface area contributed by atoms with Crippen molar-refractivity contribution in [3.8, 4) is 0 Å². The zero-order valence-corrected chi connectivity index (χ0v) is 11.0. The molecule has 19 heavy (non-hydrogen) atoms. The molecular weight excluding hydrogens is 245 g/mol. The minimum absolute atomic E-state index is 0.214. The second-order valence-corrected chi connectivity index (χ2v) is 4.39. The smallest absolute Gasteiger partial charge is 0.128 e. The number of benzene rings is 1. The van der Waals surface area contributed by atoms with Crippen molar-refractivity contribution in [2.24, 2.45) is 12.8 Å². The van der Waals surface area contributed by atoms with Crippen molar-refractivity contribution in [1.29, 1.82) is 0 Å². The van der Waals surface area contributed by atoms with E-state index in [1.165, 1.54) is 6.07 Å². The van der Waals surface area contributed by atoms with Crippen molar-refractivity contribution in [1.82, 2.24) is 9.55 Å². The van der Waals surface area contributed by atoms with Crippen LogP contribution in [-0.4, -0.2) is 16.2 Å². The molecule has 0 spiro atoms. The summed E-state index contributed by atoms with van der Waals surface area (Å²) in [7, 11) is 1.95. The van der Waals surface area contributed by atoms with Gasteiger partial charge in [0.15, 0.2) is 0 Å². The Bertz CT molecular complexity index is 539. The van der Waals surface area contributed by atoms with Gasteiger partial charge >= 0.3 is 0 Å². The molecule has 0 aliphatic rings. The van der Waals surface area contributed by atoms with E-state index in [9.17, 15) is 4.39 Å². The Morgan fingerprint density at radius 1 is 1.42 bits per heavy atom. The van der Waals surface area contributed by atoms with E-state index in [1.54, 1.807) is 12.3 Å². The summed E-state index contributed by atoms with van der Waals surface area (Å²) in [4.78, 5) is 4.21. The van der Waals surface area contributed by atoms with Crippen molar-refractivity contribution >= 4 is 0 Å². The molecule has 1 heterocycles. The molecule has 2 N–H and O–H groups in total. The number of aryl methyl sites for hydroxylation is 1. The van der Waals surface area contributed by atoms with Crippen LogP contribution in [0.4, 0.5) is 4.39 Å². The summed E-state index contributed by atoms with van der Waals surface area (Å²) in [5, 5.41) is 0. The molecule has 0 unspecified atom stereocenters. The number of nitrogens with two attached hydrogens (primary N) is 1. The van der Waals surface area contributed by atoms with E-state index in [0.29, 0.717) is 18.8 Å². The molecule has 0 bridgehead atoms. The van der Waals surface area contributed by atoms with E-state index in [2.05, 4.69) is 4.98 Å². The summed E-state index contributed by atoms with van der Waals surface area (Å²) in [5.74, 6) is 0.706. The Balaban J connectivity index is 1.80. The first kappa shape index (κ1) is 13.7. The van der Waals surface area contributed by atoms with E-state index >= 15 is 0 Å². The Kier molecular flexibility index (Phi) is 4.65. The van der Waals surface area contributed by atoms with E-state index < -0.39 is 0 Å². The van der Waals surface area contributed by atoms with Crippen molar-refractivity contribution in [2.45, 2.75) is 19.6 Å². The van der Waals surface area contributed by atoms with Crippen LogP contribution < -0.4 is 5.73 Å². The van der Waals surface area contributed by atoms with E-state index in [0.717, 1.165) is 17.8 Å². The molecule has 0 saturated heterocycles. The average Bonchev–Trinajstić information content (AvgIpc) is 2.80. The number of imidazole rings is 1. The molecule has 5 heteroatoms. The average molecular weight is 263 g/mol. The van der Waals surface area contributed by atoms with Crippen LogP contribution in [0.2, 0.25) is 0 Å². The molecule has 102 valence electrons. The third-order valence-corrected chi connectivity index (χ3v) is 3.00. The lowest BCUT2D eigenvalue weighted by Crippen LogP contribution is -2.05. The third kappa shape index (κ3) is 3.62. The summed E-state index contributed by atoms with van der Waals surface area (Å²) in [6.07, 6.45) is 4.40. The highest BCUT2D eigenvalue weighted by Gasteiger charge is 2.03. The molecule has 0 amide bonds. The fraction of sp³-hybridized carbons (Fsp3) is 0.357. The monoisotopic (exact) mass is 263 g/mol. The van der Waals surface area contributed by atoms with Gasteiger partial charge in [-0.2, -0.15) is 0 Å². The maximum absolute atomic E-state index is 13.5. The van der Waals surface area contributed by atoms with Crippen LogP contribution in [0.1, 0.15) is 17.0 Å². The van der Waals surface area contributed by atoms with Crippen molar-refractivity contribution < 1.29 is 9.13 Å². The first-order valence-electron chi connectivity index (χ1n) is 6.22. The van der Waals surface area contributed by atoms with E-state index in [4.69, 9.17) is 10.5 Å². The molecule has 0 aliphatic carbocycles. The molecule has 0 radical (unpaired) electrons. The SMILES string of the molecule is Cn1ccnc1CCOCc1ccc(CN)c(F)c1. The molecule has 4 nitrogen and oxygen atoms in total. The van der Waals surface area contributed by atoms with Gasteiger partial charge in [-0.1, -0.05) is 12.1 Å². The van der Waals surface area contributed by atoms with E-state index in [-0.39, 0.29) is 12.4 Å². The Hall–Kier alpha value is -1.72. The highest BCUT2D eigenvalue weighted by Crippen LogP contribution is 2.11. The number of nitrogens with zero attached hydrogens (tertiary/aromatic N) is 2. The highest BCUT2D eigenvalue weighted by molar-refractivity contribution is 5.23. The van der Waals surface area contributed by atoms with Crippen LogP contribution in [0.3, 0.4) is 0 Å². The lowest BCUT2D eigenvalue weighted by Gasteiger charge is -2.06. The second-order valence-electron chi connectivity index (χ2n) is 4.39. The first-order valence-corrected chi connectivity index (χ1v) is 6.22. The largest absolute Gasteiger partial charge is 0.376 e. The number of halogens is 1. The van der Waals surface area contributed by atoms with Gasteiger partial charge in [-0.05, 0) is 11.6 Å². The molecule has 0 atom stereocenters. The summed E-state index contributed by atoms with van der Waals surface area (Å²) < 4.78 is 21.0. The molecule has 2 aromatic rings. The molecular formula is C14H18FN3O. The first-order chi connectivity index (χ1) is 9.20. The van der Waals surface area contributed by atoms with Gasteiger partial charge in [-0.3, -0.25) is 0 Å². The van der Waals surface area contributed by atoms with Crippen LogP contribution in [0.5, 0.6) is 0 Å². The maximum Gasteiger partial charge on any atom is 0.128 e.